The summed E-state index contributed by atoms with van der Waals surface area (Å²) in [6.45, 7) is 10.6. The molecule has 1 amide bonds. The van der Waals surface area contributed by atoms with Gasteiger partial charge in [-0.25, -0.2) is 9.37 Å². The Labute approximate surface area is 191 Å². The summed E-state index contributed by atoms with van der Waals surface area (Å²) in [6.07, 6.45) is 5.38. The first-order chi connectivity index (χ1) is 15.8. The van der Waals surface area contributed by atoms with E-state index in [-0.39, 0.29) is 11.6 Å². The molecule has 1 aliphatic heterocycles. The molecule has 8 nitrogen and oxygen atoms in total. The van der Waals surface area contributed by atoms with Crippen molar-refractivity contribution in [3.63, 3.8) is 0 Å². The summed E-state index contributed by atoms with van der Waals surface area (Å²) >= 11 is 0. The largest absolute Gasteiger partial charge is 0.368 e. The summed E-state index contributed by atoms with van der Waals surface area (Å²) in [6, 6.07) is 5.83. The number of hydrogen-bond acceptors (Lipinski definition) is 5. The number of amides is 1. The van der Waals surface area contributed by atoms with Gasteiger partial charge in [-0.15, -0.1) is 0 Å². The predicted octanol–water partition coefficient (Wildman–Crippen LogP) is 3.59. The quantitative estimate of drug-likeness (QED) is 0.498. The lowest BCUT2D eigenvalue weighted by atomic mass is 10.1. The zero-order valence-electron chi connectivity index (χ0n) is 19.3. The highest BCUT2D eigenvalue weighted by Crippen LogP contribution is 2.31. The van der Waals surface area contributed by atoms with Crippen LogP contribution in [0.1, 0.15) is 36.8 Å². The molecular formula is C24H28FN7O. The van der Waals surface area contributed by atoms with Gasteiger partial charge in [0.05, 0.1) is 16.9 Å². The second-order valence-corrected chi connectivity index (χ2v) is 8.90. The second kappa shape index (κ2) is 8.15. The van der Waals surface area contributed by atoms with Crippen LogP contribution >= 0.6 is 0 Å². The van der Waals surface area contributed by atoms with Gasteiger partial charge in [-0.05, 0) is 39.8 Å². The van der Waals surface area contributed by atoms with Crippen molar-refractivity contribution < 1.29 is 9.18 Å². The third kappa shape index (κ3) is 3.93. The molecular weight excluding hydrogens is 421 g/mol. The highest BCUT2D eigenvalue weighted by Gasteiger charge is 2.25. The van der Waals surface area contributed by atoms with E-state index < -0.39 is 5.82 Å². The summed E-state index contributed by atoms with van der Waals surface area (Å²) in [4.78, 5) is 19.8. The van der Waals surface area contributed by atoms with Gasteiger partial charge in [0, 0.05) is 67.4 Å². The number of pyridine rings is 1. The average Bonchev–Trinajstić information content (AvgIpc) is 3.35. The molecule has 0 aliphatic carbocycles. The standard InChI is InChI=1S/C24H28FN7O/c1-5-32-13-19-21(30-9-14(2)26-15(3)10-30)7-6-18(22(19)29-32)24(33)28-17-8-20(25)23-27-16(4)11-31(23)12-17/h6-8,11-15,26H,5,9-10H2,1-4H3,(H,28,33)/t14-,15-/m0/s1. The molecule has 5 rings (SSSR count). The van der Waals surface area contributed by atoms with Gasteiger partial charge in [0.15, 0.2) is 11.5 Å². The van der Waals surface area contributed by atoms with Crippen molar-refractivity contribution in [2.24, 2.45) is 0 Å². The van der Waals surface area contributed by atoms with Crippen LogP contribution in [0.4, 0.5) is 15.8 Å². The number of carbonyl (C=O) groups is 1. The normalized spacial score (nSPS) is 18.9. The predicted molar refractivity (Wildman–Crippen MR) is 128 cm³/mol. The number of piperazine rings is 1. The van der Waals surface area contributed by atoms with Crippen molar-refractivity contribution in [2.75, 3.05) is 23.3 Å². The monoisotopic (exact) mass is 449 g/mol. The molecule has 3 aromatic heterocycles. The van der Waals surface area contributed by atoms with Crippen LogP contribution in [-0.4, -0.2) is 50.2 Å². The molecule has 1 aliphatic rings. The minimum absolute atomic E-state index is 0.235. The zero-order valence-corrected chi connectivity index (χ0v) is 19.3. The Morgan fingerprint density at radius 1 is 1.21 bits per heavy atom. The van der Waals surface area contributed by atoms with E-state index in [0.717, 1.165) is 24.2 Å². The molecule has 4 aromatic rings. The fourth-order valence-corrected chi connectivity index (χ4v) is 4.73. The maximum absolute atomic E-state index is 14.5. The lowest BCUT2D eigenvalue weighted by molar-refractivity contribution is 0.102. The number of fused-ring (bicyclic) bond motifs is 2. The van der Waals surface area contributed by atoms with Crippen molar-refractivity contribution in [1.82, 2.24) is 24.5 Å². The highest BCUT2D eigenvalue weighted by molar-refractivity contribution is 6.13. The number of rotatable bonds is 4. The Hall–Kier alpha value is -3.46. The second-order valence-electron chi connectivity index (χ2n) is 8.90. The lowest BCUT2D eigenvalue weighted by Crippen LogP contribution is -2.54. The summed E-state index contributed by atoms with van der Waals surface area (Å²) in [5.74, 6) is -0.816. The fraction of sp³-hybridized carbons (Fsp3) is 0.375. The summed E-state index contributed by atoms with van der Waals surface area (Å²) < 4.78 is 17.9. The maximum atomic E-state index is 14.5. The van der Waals surface area contributed by atoms with E-state index in [1.165, 1.54) is 6.07 Å². The molecule has 0 unspecified atom stereocenters. The number of imidazole rings is 1. The van der Waals surface area contributed by atoms with Crippen LogP contribution in [0.2, 0.25) is 0 Å². The van der Waals surface area contributed by atoms with Gasteiger partial charge >= 0.3 is 0 Å². The Bertz CT molecular complexity index is 1350. The molecule has 172 valence electrons. The van der Waals surface area contributed by atoms with Crippen LogP contribution in [0.25, 0.3) is 16.6 Å². The van der Waals surface area contributed by atoms with Gasteiger partial charge in [0.2, 0.25) is 0 Å². The molecule has 4 heterocycles. The van der Waals surface area contributed by atoms with E-state index in [4.69, 9.17) is 0 Å². The number of anilines is 2. The lowest BCUT2D eigenvalue weighted by Gasteiger charge is -2.38. The molecule has 9 heteroatoms. The first-order valence-corrected chi connectivity index (χ1v) is 11.3. The van der Waals surface area contributed by atoms with E-state index >= 15 is 0 Å². The van der Waals surface area contributed by atoms with Crippen molar-refractivity contribution in [3.8, 4) is 0 Å². The van der Waals surface area contributed by atoms with E-state index in [0.29, 0.717) is 41.1 Å². The minimum atomic E-state index is -0.487. The third-order valence-electron chi connectivity index (χ3n) is 6.05. The Kier molecular flexibility index (Phi) is 5.28. The number of aromatic nitrogens is 4. The zero-order chi connectivity index (χ0) is 23.3. The summed E-state index contributed by atoms with van der Waals surface area (Å²) in [7, 11) is 0. The van der Waals surface area contributed by atoms with E-state index in [2.05, 4.69) is 39.5 Å². The molecule has 1 saturated heterocycles. The maximum Gasteiger partial charge on any atom is 0.257 e. The highest BCUT2D eigenvalue weighted by atomic mass is 19.1. The van der Waals surface area contributed by atoms with Gasteiger partial charge in [0.25, 0.3) is 5.91 Å². The topological polar surface area (TPSA) is 79.5 Å². The number of nitrogens with one attached hydrogen (secondary N) is 2. The summed E-state index contributed by atoms with van der Waals surface area (Å²) in [5, 5.41) is 12.0. The first-order valence-electron chi connectivity index (χ1n) is 11.3. The van der Waals surface area contributed by atoms with Crippen LogP contribution in [0, 0.1) is 12.7 Å². The van der Waals surface area contributed by atoms with Crippen LogP contribution in [0.5, 0.6) is 0 Å². The minimum Gasteiger partial charge on any atom is -0.368 e. The molecule has 2 atom stereocenters. The Balaban J connectivity index is 1.52. The molecule has 0 spiro atoms. The van der Waals surface area contributed by atoms with Crippen LogP contribution < -0.4 is 15.5 Å². The molecule has 1 fully saturated rings. The van der Waals surface area contributed by atoms with E-state index in [1.807, 2.05) is 29.9 Å². The van der Waals surface area contributed by atoms with Gasteiger partial charge in [-0.3, -0.25) is 9.48 Å². The SMILES string of the molecule is CCn1cc2c(N3C[C@H](C)N[C@@H](C)C3)ccc(C(=O)Nc3cc(F)c4nc(C)cn4c3)c2n1. The number of hydrogen-bond donors (Lipinski definition) is 2. The average molecular weight is 450 g/mol. The molecule has 0 saturated carbocycles. The van der Waals surface area contributed by atoms with Gasteiger partial charge in [-0.2, -0.15) is 5.10 Å². The van der Waals surface area contributed by atoms with E-state index in [9.17, 15) is 9.18 Å². The molecule has 1 aromatic carbocycles. The smallest absolute Gasteiger partial charge is 0.257 e. The Morgan fingerprint density at radius 3 is 2.70 bits per heavy atom. The third-order valence-corrected chi connectivity index (χ3v) is 6.05. The van der Waals surface area contributed by atoms with Crippen molar-refractivity contribution in [1.29, 1.82) is 0 Å². The van der Waals surface area contributed by atoms with E-state index in [1.54, 1.807) is 23.7 Å². The first kappa shape index (κ1) is 21.4. The van der Waals surface area contributed by atoms with Crippen LogP contribution in [-0.2, 0) is 6.54 Å². The number of benzene rings is 1. The number of nitrogens with zero attached hydrogens (tertiary/aromatic N) is 5. The number of halogens is 1. The van der Waals surface area contributed by atoms with Gasteiger partial charge in [-0.1, -0.05) is 0 Å². The van der Waals surface area contributed by atoms with Gasteiger partial charge in [0.1, 0.15) is 5.52 Å². The van der Waals surface area contributed by atoms with Crippen molar-refractivity contribution in [2.45, 2.75) is 46.3 Å². The fourth-order valence-electron chi connectivity index (χ4n) is 4.73. The molecule has 2 N–H and O–H groups in total. The molecule has 33 heavy (non-hydrogen) atoms. The van der Waals surface area contributed by atoms with Crippen LogP contribution in [0.15, 0.2) is 36.8 Å². The van der Waals surface area contributed by atoms with Crippen molar-refractivity contribution >= 4 is 33.8 Å². The van der Waals surface area contributed by atoms with Crippen LogP contribution in [0.3, 0.4) is 0 Å². The number of aryl methyl sites for hydroxylation is 2. The summed E-state index contributed by atoms with van der Waals surface area (Å²) in [5.41, 5.74) is 3.47. The Morgan fingerprint density at radius 2 is 1.97 bits per heavy atom. The van der Waals surface area contributed by atoms with Gasteiger partial charge < -0.3 is 19.9 Å². The van der Waals surface area contributed by atoms with Crippen molar-refractivity contribution in [3.05, 3.63) is 53.9 Å². The molecule has 0 bridgehead atoms. The molecule has 0 radical (unpaired) electrons. The number of carbonyl (C=O) groups excluding carboxylic acids is 1.